The third-order valence-corrected chi connectivity index (χ3v) is 7.49. The molecule has 0 amide bonds. The largest absolute Gasteiger partial charge is 0.310 e. The molecule has 3 heterocycles. The quantitative estimate of drug-likeness (QED) is 0.259. The third kappa shape index (κ3) is 1.85. The van der Waals surface area contributed by atoms with E-state index in [1.807, 2.05) is 12.1 Å². The summed E-state index contributed by atoms with van der Waals surface area (Å²) in [5, 5.41) is 2.57. The van der Waals surface area contributed by atoms with Crippen LogP contribution in [0.2, 0.25) is 0 Å². The summed E-state index contributed by atoms with van der Waals surface area (Å²) in [7, 11) is 0. The predicted molar refractivity (Wildman–Crippen MR) is 130 cm³/mol. The second-order valence-corrected chi connectivity index (χ2v) is 9.24. The Labute approximate surface area is 181 Å². The molecule has 2 aliphatic heterocycles. The van der Waals surface area contributed by atoms with E-state index in [-0.39, 0.29) is 12.1 Å². The van der Waals surface area contributed by atoms with Crippen molar-refractivity contribution in [3.05, 3.63) is 101 Å². The van der Waals surface area contributed by atoms with Crippen LogP contribution in [0.5, 0.6) is 0 Å². The van der Waals surface area contributed by atoms with E-state index in [1.165, 1.54) is 55.0 Å². The molecule has 1 aromatic heterocycles. The Morgan fingerprint density at radius 1 is 0.774 bits per heavy atom. The SMILES string of the molecule is [C-]#[N+]c1cccc2c1B1c3c(cccc3C2(C)C)-n2c3ccccc3c3cccc1c32. The van der Waals surface area contributed by atoms with E-state index in [1.54, 1.807) is 0 Å². The smallest absolute Gasteiger partial charge is 0.237 e. The van der Waals surface area contributed by atoms with Gasteiger partial charge in [0.25, 0.3) is 0 Å². The molecule has 5 aromatic rings. The van der Waals surface area contributed by atoms with E-state index in [9.17, 15) is 0 Å². The minimum Gasteiger partial charge on any atom is -0.310 e. The first-order valence-corrected chi connectivity index (χ1v) is 10.8. The van der Waals surface area contributed by atoms with Crippen molar-refractivity contribution < 1.29 is 0 Å². The topological polar surface area (TPSA) is 9.29 Å². The summed E-state index contributed by atoms with van der Waals surface area (Å²) in [6, 6.07) is 28.4. The van der Waals surface area contributed by atoms with Gasteiger partial charge in [0.1, 0.15) is 0 Å². The van der Waals surface area contributed by atoms with Crippen LogP contribution in [0.3, 0.4) is 0 Å². The molecule has 31 heavy (non-hydrogen) atoms. The van der Waals surface area contributed by atoms with Gasteiger partial charge in [-0.3, -0.25) is 0 Å². The summed E-state index contributed by atoms with van der Waals surface area (Å²) >= 11 is 0. The molecule has 2 aliphatic rings. The van der Waals surface area contributed by atoms with Gasteiger partial charge in [0.05, 0.1) is 12.1 Å². The summed E-state index contributed by atoms with van der Waals surface area (Å²) in [6.07, 6.45) is 0. The first kappa shape index (κ1) is 17.0. The third-order valence-electron chi connectivity index (χ3n) is 7.49. The minimum atomic E-state index is -0.160. The van der Waals surface area contributed by atoms with Gasteiger partial charge in [0, 0.05) is 27.4 Å². The molecule has 0 radical (unpaired) electrons. The number of hydrogen-bond acceptors (Lipinski definition) is 0. The number of para-hydroxylation sites is 2. The molecule has 0 unspecified atom stereocenters. The van der Waals surface area contributed by atoms with Gasteiger partial charge in [-0.1, -0.05) is 91.6 Å². The van der Waals surface area contributed by atoms with Crippen LogP contribution in [0, 0.1) is 6.57 Å². The van der Waals surface area contributed by atoms with Crippen molar-refractivity contribution in [2.24, 2.45) is 0 Å². The van der Waals surface area contributed by atoms with Crippen molar-refractivity contribution in [3.8, 4) is 5.69 Å². The first-order chi connectivity index (χ1) is 15.1. The van der Waals surface area contributed by atoms with Crippen LogP contribution < -0.4 is 16.4 Å². The summed E-state index contributed by atoms with van der Waals surface area (Å²) in [4.78, 5) is 3.98. The van der Waals surface area contributed by atoms with Crippen LogP contribution in [-0.4, -0.2) is 11.3 Å². The van der Waals surface area contributed by atoms with Gasteiger partial charge in [-0.25, -0.2) is 4.85 Å². The average Bonchev–Trinajstić information content (AvgIpc) is 3.14. The fourth-order valence-corrected chi connectivity index (χ4v) is 6.22. The maximum absolute atomic E-state index is 7.93. The summed E-state index contributed by atoms with van der Waals surface area (Å²) < 4.78 is 2.46. The molecule has 0 bridgehead atoms. The lowest BCUT2D eigenvalue weighted by molar-refractivity contribution is 0.646. The second kappa shape index (κ2) is 5.48. The standard InChI is InChI=1S/C28H19BN2/c1-28(2)19-11-7-14-22(30-3)25(19)29-21-13-6-10-18-17-9-4-5-15-23(17)31(27(18)21)24-16-8-12-20(28)26(24)29/h4-16H,1-2H3. The molecule has 0 N–H and O–H groups in total. The lowest BCUT2D eigenvalue weighted by Gasteiger charge is -2.42. The molecule has 0 saturated carbocycles. The highest BCUT2D eigenvalue weighted by molar-refractivity contribution is 6.99. The Morgan fingerprint density at radius 2 is 1.48 bits per heavy atom. The van der Waals surface area contributed by atoms with Crippen LogP contribution in [0.15, 0.2) is 78.9 Å². The normalized spacial score (nSPS) is 14.9. The van der Waals surface area contributed by atoms with E-state index in [0.29, 0.717) is 0 Å². The molecule has 0 atom stereocenters. The highest BCUT2D eigenvalue weighted by Gasteiger charge is 2.45. The zero-order valence-corrected chi connectivity index (χ0v) is 17.5. The van der Waals surface area contributed by atoms with Gasteiger partial charge in [0.15, 0.2) is 5.69 Å². The molecule has 2 nitrogen and oxygen atoms in total. The Balaban J connectivity index is 1.77. The first-order valence-electron chi connectivity index (χ1n) is 10.8. The van der Waals surface area contributed by atoms with Crippen molar-refractivity contribution in [1.29, 1.82) is 0 Å². The average molecular weight is 394 g/mol. The Kier molecular flexibility index (Phi) is 3.00. The van der Waals surface area contributed by atoms with E-state index < -0.39 is 0 Å². The van der Waals surface area contributed by atoms with Crippen molar-refractivity contribution in [3.63, 3.8) is 0 Å². The molecule has 0 aliphatic carbocycles. The number of aromatic nitrogens is 1. The van der Waals surface area contributed by atoms with Gasteiger partial charge in [-0.15, -0.1) is 0 Å². The van der Waals surface area contributed by atoms with Crippen LogP contribution in [0.4, 0.5) is 5.69 Å². The lowest BCUT2D eigenvalue weighted by Crippen LogP contribution is -2.63. The van der Waals surface area contributed by atoms with Crippen LogP contribution in [0.1, 0.15) is 25.0 Å². The van der Waals surface area contributed by atoms with Gasteiger partial charge in [-0.2, -0.15) is 0 Å². The number of benzene rings is 4. The molecule has 4 aromatic carbocycles. The molecule has 0 saturated heterocycles. The molecule has 0 spiro atoms. The number of hydrogen-bond donors (Lipinski definition) is 0. The zero-order chi connectivity index (χ0) is 20.9. The van der Waals surface area contributed by atoms with Crippen molar-refractivity contribution in [1.82, 2.24) is 4.57 Å². The molecule has 7 rings (SSSR count). The Morgan fingerprint density at radius 3 is 2.32 bits per heavy atom. The summed E-state index contributed by atoms with van der Waals surface area (Å²) in [6.45, 7) is 12.6. The lowest BCUT2D eigenvalue weighted by atomic mass is 9.30. The maximum atomic E-state index is 7.93. The van der Waals surface area contributed by atoms with Crippen molar-refractivity contribution in [2.75, 3.05) is 0 Å². The van der Waals surface area contributed by atoms with Crippen molar-refractivity contribution >= 4 is 50.6 Å². The number of nitrogens with zero attached hydrogens (tertiary/aromatic N) is 2. The maximum Gasteiger partial charge on any atom is 0.237 e. The molecule has 144 valence electrons. The fourth-order valence-electron chi connectivity index (χ4n) is 6.22. The van der Waals surface area contributed by atoms with E-state index in [0.717, 1.165) is 5.69 Å². The van der Waals surface area contributed by atoms with Crippen LogP contribution in [0.25, 0.3) is 32.3 Å². The number of fused-ring (bicyclic) bond motifs is 7. The molecule has 0 fully saturated rings. The predicted octanol–water partition coefficient (Wildman–Crippen LogP) is 4.80. The monoisotopic (exact) mass is 394 g/mol. The minimum absolute atomic E-state index is 0.0834. The van der Waals surface area contributed by atoms with E-state index in [2.05, 4.69) is 90.0 Å². The van der Waals surface area contributed by atoms with Crippen LogP contribution in [-0.2, 0) is 5.41 Å². The highest BCUT2D eigenvalue weighted by atomic mass is 15.0. The van der Waals surface area contributed by atoms with E-state index >= 15 is 0 Å². The summed E-state index contributed by atoms with van der Waals surface area (Å²) in [5.74, 6) is 0. The highest BCUT2D eigenvalue weighted by Crippen LogP contribution is 2.40. The number of rotatable bonds is 0. The van der Waals surface area contributed by atoms with Crippen LogP contribution >= 0.6 is 0 Å². The summed E-state index contributed by atoms with van der Waals surface area (Å²) in [5.41, 5.74) is 10.9. The van der Waals surface area contributed by atoms with Crippen molar-refractivity contribution in [2.45, 2.75) is 19.3 Å². The van der Waals surface area contributed by atoms with Gasteiger partial charge >= 0.3 is 0 Å². The fraction of sp³-hybridized carbons (Fsp3) is 0.107. The molecular formula is C28H19BN2. The van der Waals surface area contributed by atoms with Gasteiger partial charge in [-0.05, 0) is 28.6 Å². The zero-order valence-electron chi connectivity index (χ0n) is 17.5. The second-order valence-electron chi connectivity index (χ2n) is 9.24. The van der Waals surface area contributed by atoms with Gasteiger partial charge in [0.2, 0.25) is 6.71 Å². The Hall–Kier alpha value is -3.77. The Bertz CT molecular complexity index is 1630. The van der Waals surface area contributed by atoms with Gasteiger partial charge < -0.3 is 4.57 Å². The molecule has 3 heteroatoms. The van der Waals surface area contributed by atoms with E-state index in [4.69, 9.17) is 6.57 Å². The molecular weight excluding hydrogens is 375 g/mol.